The Hall–Kier alpha value is -3.58. The fourth-order valence-corrected chi connectivity index (χ4v) is 4.18. The number of aromatic nitrogens is 5. The third-order valence-corrected chi connectivity index (χ3v) is 6.32. The number of nitrogens with zero attached hydrogens (tertiary/aromatic N) is 5. The maximum absolute atomic E-state index is 9.92. The molecule has 0 unspecified atom stereocenters. The summed E-state index contributed by atoms with van der Waals surface area (Å²) in [7, 11) is 0. The van der Waals surface area contributed by atoms with E-state index in [0.29, 0.717) is 17.1 Å². The minimum Gasteiger partial charge on any atom is -0.390 e. The second-order valence-electron chi connectivity index (χ2n) is 8.77. The highest BCUT2D eigenvalue weighted by Gasteiger charge is 2.45. The molecule has 0 atom stereocenters. The molecular weight excluding hydrogens is 412 g/mol. The molecular formula is C26H28N6O. The molecule has 7 heteroatoms. The summed E-state index contributed by atoms with van der Waals surface area (Å²) in [5.74, 6) is 0.826. The topological polar surface area (TPSA) is 88.8 Å². The molecule has 0 bridgehead atoms. The average Bonchev–Trinajstić information content (AvgIpc) is 3.49. The molecule has 0 amide bonds. The summed E-state index contributed by atoms with van der Waals surface area (Å²) < 4.78 is 1.87. The number of benzene rings is 1. The monoisotopic (exact) mass is 440 g/mol. The summed E-state index contributed by atoms with van der Waals surface area (Å²) in [6.07, 6.45) is 6.63. The van der Waals surface area contributed by atoms with Crippen LogP contribution in [0.25, 0.3) is 17.1 Å². The molecule has 0 radical (unpaired) electrons. The van der Waals surface area contributed by atoms with Crippen molar-refractivity contribution < 1.29 is 5.11 Å². The molecule has 3 aromatic heterocycles. The van der Waals surface area contributed by atoms with Gasteiger partial charge in [-0.15, -0.1) is 10.2 Å². The van der Waals surface area contributed by atoms with Gasteiger partial charge in [0.2, 0.25) is 0 Å². The Balaban J connectivity index is 1.44. The lowest BCUT2D eigenvalue weighted by Crippen LogP contribution is -2.21. The van der Waals surface area contributed by atoms with Crippen molar-refractivity contribution in [2.24, 2.45) is 0 Å². The van der Waals surface area contributed by atoms with E-state index in [9.17, 15) is 5.11 Å². The lowest BCUT2D eigenvalue weighted by molar-refractivity contribution is 0.276. The van der Waals surface area contributed by atoms with E-state index in [2.05, 4.69) is 63.6 Å². The fraction of sp³-hybridized carbons (Fsp3) is 0.308. The van der Waals surface area contributed by atoms with E-state index < -0.39 is 0 Å². The smallest absolute Gasteiger partial charge is 0.152 e. The van der Waals surface area contributed by atoms with Gasteiger partial charge in [0.25, 0.3) is 0 Å². The van der Waals surface area contributed by atoms with Gasteiger partial charge in [-0.05, 0) is 62.4 Å². The lowest BCUT2D eigenvalue weighted by Gasteiger charge is -2.20. The number of aryl methyl sites for hydroxylation is 3. The number of imidazole rings is 1. The van der Waals surface area contributed by atoms with E-state index in [1.165, 1.54) is 11.1 Å². The van der Waals surface area contributed by atoms with Crippen molar-refractivity contribution in [3.05, 3.63) is 83.1 Å². The summed E-state index contributed by atoms with van der Waals surface area (Å²) in [5, 5.41) is 22.6. The van der Waals surface area contributed by atoms with E-state index >= 15 is 0 Å². The van der Waals surface area contributed by atoms with Crippen molar-refractivity contribution in [1.82, 2.24) is 24.7 Å². The third kappa shape index (κ3) is 4.12. The number of pyridine rings is 1. The van der Waals surface area contributed by atoms with Crippen LogP contribution < -0.4 is 5.32 Å². The number of hydrogen-bond acceptors (Lipinski definition) is 6. The van der Waals surface area contributed by atoms with Crippen LogP contribution in [0.4, 0.5) is 5.82 Å². The van der Waals surface area contributed by atoms with Crippen molar-refractivity contribution in [1.29, 1.82) is 0 Å². The standard InChI is InChI=1S/C26H28N6O/c1-4-19-13-22(21-9-10-24(23(15-33)28-21)32-14-18(3)27-16-32)30-31-25(19)29-26(11-12-26)20-7-5-17(2)6-8-20/h5-10,13-14,16,33H,4,11-12,15H2,1-3H3,(H,29,31). The van der Waals surface area contributed by atoms with Crippen molar-refractivity contribution in [2.45, 2.75) is 52.2 Å². The minimum absolute atomic E-state index is 0.0549. The van der Waals surface area contributed by atoms with Gasteiger partial charge >= 0.3 is 0 Å². The summed E-state index contributed by atoms with van der Waals surface area (Å²) in [6.45, 7) is 5.98. The number of anilines is 1. The summed E-state index contributed by atoms with van der Waals surface area (Å²) in [6, 6.07) is 14.6. The van der Waals surface area contributed by atoms with Crippen LogP contribution in [0.1, 0.15) is 47.8 Å². The molecule has 3 heterocycles. The van der Waals surface area contributed by atoms with Gasteiger partial charge in [0.05, 0.1) is 41.2 Å². The van der Waals surface area contributed by atoms with Gasteiger partial charge in [0.1, 0.15) is 5.69 Å². The normalized spacial score (nSPS) is 14.3. The molecule has 1 saturated carbocycles. The quantitative estimate of drug-likeness (QED) is 0.440. The molecule has 5 rings (SSSR count). The highest BCUT2D eigenvalue weighted by atomic mass is 16.3. The van der Waals surface area contributed by atoms with Crippen LogP contribution in [0.2, 0.25) is 0 Å². The lowest BCUT2D eigenvalue weighted by atomic mass is 10.0. The first-order chi connectivity index (χ1) is 16.0. The molecule has 0 saturated heterocycles. The first-order valence-corrected chi connectivity index (χ1v) is 11.4. The number of nitrogens with one attached hydrogen (secondary N) is 1. The number of rotatable bonds is 7. The van der Waals surface area contributed by atoms with Gasteiger partial charge in [-0.3, -0.25) is 0 Å². The van der Waals surface area contributed by atoms with Gasteiger partial charge in [-0.1, -0.05) is 36.8 Å². The van der Waals surface area contributed by atoms with Gasteiger partial charge in [-0.25, -0.2) is 9.97 Å². The van der Waals surface area contributed by atoms with Crippen LogP contribution in [0.5, 0.6) is 0 Å². The fourth-order valence-electron chi connectivity index (χ4n) is 4.18. The van der Waals surface area contributed by atoms with Crippen LogP contribution in [-0.4, -0.2) is 29.8 Å². The molecule has 4 aromatic rings. The predicted molar refractivity (Wildman–Crippen MR) is 128 cm³/mol. The van der Waals surface area contributed by atoms with Crippen LogP contribution in [-0.2, 0) is 18.6 Å². The van der Waals surface area contributed by atoms with Crippen LogP contribution in [0, 0.1) is 13.8 Å². The van der Waals surface area contributed by atoms with Crippen molar-refractivity contribution in [2.75, 3.05) is 5.32 Å². The van der Waals surface area contributed by atoms with E-state index in [4.69, 9.17) is 0 Å². The first kappa shape index (κ1) is 21.3. The highest BCUT2D eigenvalue weighted by molar-refractivity contribution is 5.61. The van der Waals surface area contributed by atoms with Gasteiger partial charge in [0, 0.05) is 6.20 Å². The number of aliphatic hydroxyl groups excluding tert-OH is 1. The van der Waals surface area contributed by atoms with Gasteiger partial charge < -0.3 is 15.0 Å². The maximum Gasteiger partial charge on any atom is 0.152 e. The van der Waals surface area contributed by atoms with Crippen molar-refractivity contribution in [3.8, 4) is 17.1 Å². The largest absolute Gasteiger partial charge is 0.390 e. The zero-order valence-corrected chi connectivity index (χ0v) is 19.2. The molecule has 0 spiro atoms. The Bertz CT molecular complexity index is 1290. The van der Waals surface area contributed by atoms with Crippen LogP contribution >= 0.6 is 0 Å². The summed E-state index contributed by atoms with van der Waals surface area (Å²) in [5.41, 5.74) is 7.26. The predicted octanol–water partition coefficient (Wildman–Crippen LogP) is 4.50. The second kappa shape index (κ2) is 8.41. The Morgan fingerprint density at radius 3 is 2.45 bits per heavy atom. The van der Waals surface area contributed by atoms with Gasteiger partial charge in [-0.2, -0.15) is 0 Å². The molecule has 7 nitrogen and oxygen atoms in total. The number of aliphatic hydroxyl groups is 1. The molecule has 168 valence electrons. The molecule has 1 aliphatic rings. The van der Waals surface area contributed by atoms with Crippen molar-refractivity contribution in [3.63, 3.8) is 0 Å². The molecule has 0 aliphatic heterocycles. The van der Waals surface area contributed by atoms with E-state index in [0.717, 1.165) is 42.0 Å². The maximum atomic E-state index is 9.92. The summed E-state index contributed by atoms with van der Waals surface area (Å²) in [4.78, 5) is 8.94. The van der Waals surface area contributed by atoms with E-state index in [1.807, 2.05) is 35.9 Å². The highest BCUT2D eigenvalue weighted by Crippen LogP contribution is 2.48. The molecule has 1 aromatic carbocycles. The molecule has 2 N–H and O–H groups in total. The van der Waals surface area contributed by atoms with Crippen molar-refractivity contribution >= 4 is 5.82 Å². The molecule has 33 heavy (non-hydrogen) atoms. The average molecular weight is 441 g/mol. The Kier molecular flexibility index (Phi) is 5.42. The third-order valence-electron chi connectivity index (χ3n) is 6.32. The number of hydrogen-bond donors (Lipinski definition) is 2. The Labute approximate surface area is 193 Å². The second-order valence-corrected chi connectivity index (χ2v) is 8.77. The zero-order chi connectivity index (χ0) is 23.0. The summed E-state index contributed by atoms with van der Waals surface area (Å²) >= 11 is 0. The van der Waals surface area contributed by atoms with E-state index in [-0.39, 0.29) is 12.1 Å². The first-order valence-electron chi connectivity index (χ1n) is 11.4. The molecule has 1 fully saturated rings. The Morgan fingerprint density at radius 2 is 1.82 bits per heavy atom. The van der Waals surface area contributed by atoms with Gasteiger partial charge in [0.15, 0.2) is 5.82 Å². The SMILES string of the molecule is CCc1cc(-c2ccc(-n3cnc(C)c3)c(CO)n2)nnc1NC1(c2ccc(C)cc2)CC1. The zero-order valence-electron chi connectivity index (χ0n) is 19.2. The Morgan fingerprint density at radius 1 is 1.03 bits per heavy atom. The van der Waals surface area contributed by atoms with E-state index in [1.54, 1.807) is 6.33 Å². The van der Waals surface area contributed by atoms with Crippen LogP contribution in [0.3, 0.4) is 0 Å². The minimum atomic E-state index is -0.173. The van der Waals surface area contributed by atoms with Crippen LogP contribution in [0.15, 0.2) is 55.0 Å². The molecule has 1 aliphatic carbocycles.